The van der Waals surface area contributed by atoms with Gasteiger partial charge in [0.15, 0.2) is 0 Å². The van der Waals surface area contributed by atoms with E-state index in [0.717, 1.165) is 22.9 Å². The molecule has 0 radical (unpaired) electrons. The maximum Gasteiger partial charge on any atom is 0.104 e. The molecule has 0 fully saturated rings. The fourth-order valence-electron chi connectivity index (χ4n) is 0.959. The van der Waals surface area contributed by atoms with Crippen LogP contribution in [0.25, 0.3) is 0 Å². The van der Waals surface area contributed by atoms with E-state index in [1.54, 1.807) is 16.8 Å². The maximum atomic E-state index is 5.72. The number of thioether (sulfide) groups is 1. The molecule has 1 heterocycles. The summed E-state index contributed by atoms with van der Waals surface area (Å²) in [4.78, 5) is 0. The third-order valence-corrected chi connectivity index (χ3v) is 2.74. The molecule has 0 bridgehead atoms. The number of hydrogen-bond acceptors (Lipinski definition) is 4. The summed E-state index contributed by atoms with van der Waals surface area (Å²) in [6, 6.07) is 0. The van der Waals surface area contributed by atoms with Crippen LogP contribution in [0.2, 0.25) is 0 Å². The molecule has 0 spiro atoms. The average Bonchev–Trinajstić information content (AvgIpc) is 1.88. The first-order chi connectivity index (χ1) is 4.72. The van der Waals surface area contributed by atoms with Crippen molar-refractivity contribution >= 4 is 11.8 Å². The highest BCUT2D eigenvalue weighted by molar-refractivity contribution is 8.03. The van der Waals surface area contributed by atoms with Gasteiger partial charge in [-0.3, -0.25) is 0 Å². The molecule has 0 saturated carbocycles. The molecule has 0 aromatic rings. The Morgan fingerprint density at radius 1 is 1.60 bits per heavy atom. The van der Waals surface area contributed by atoms with E-state index < -0.39 is 0 Å². The molecule has 1 aliphatic rings. The van der Waals surface area contributed by atoms with Gasteiger partial charge < -0.3 is 10.7 Å². The van der Waals surface area contributed by atoms with E-state index in [4.69, 9.17) is 11.6 Å². The Balaban J connectivity index is 2.68. The molecule has 0 aromatic heterocycles. The summed E-state index contributed by atoms with van der Waals surface area (Å²) in [5.41, 5.74) is 6.65. The standard InChI is InChI=1S/C6H13N3S/c1-9(8)6-5(7)3-2-4-10-6/h2-4,7-8H2,1H3. The highest BCUT2D eigenvalue weighted by Gasteiger charge is 2.11. The fraction of sp³-hybridized carbons (Fsp3) is 0.667. The number of allylic oxidation sites excluding steroid dienone is 1. The Morgan fingerprint density at radius 2 is 2.30 bits per heavy atom. The zero-order valence-corrected chi connectivity index (χ0v) is 6.95. The van der Waals surface area contributed by atoms with Gasteiger partial charge in [0.2, 0.25) is 0 Å². The minimum atomic E-state index is 0.932. The molecule has 0 amide bonds. The van der Waals surface area contributed by atoms with Gasteiger partial charge in [-0.15, -0.1) is 11.8 Å². The van der Waals surface area contributed by atoms with Crippen molar-refractivity contribution in [1.82, 2.24) is 5.01 Å². The molecule has 10 heavy (non-hydrogen) atoms. The quantitative estimate of drug-likeness (QED) is 0.431. The van der Waals surface area contributed by atoms with Gasteiger partial charge in [-0.1, -0.05) is 0 Å². The SMILES string of the molecule is CN(N)C1=C(N)CCCS1. The lowest BCUT2D eigenvalue weighted by molar-refractivity contribution is 0.462. The summed E-state index contributed by atoms with van der Waals surface area (Å²) in [5.74, 6) is 6.67. The van der Waals surface area contributed by atoms with Crippen LogP contribution in [-0.4, -0.2) is 17.8 Å². The molecule has 0 aliphatic carbocycles. The number of nitrogens with zero attached hydrogens (tertiary/aromatic N) is 1. The largest absolute Gasteiger partial charge is 0.400 e. The second-order valence-corrected chi connectivity index (χ2v) is 3.48. The van der Waals surface area contributed by atoms with Crippen molar-refractivity contribution in [1.29, 1.82) is 0 Å². The lowest BCUT2D eigenvalue weighted by atomic mass is 10.3. The van der Waals surface area contributed by atoms with Crippen LogP contribution >= 0.6 is 11.8 Å². The van der Waals surface area contributed by atoms with Gasteiger partial charge in [0, 0.05) is 12.7 Å². The molecule has 3 nitrogen and oxygen atoms in total. The van der Waals surface area contributed by atoms with Gasteiger partial charge >= 0.3 is 0 Å². The molecule has 0 atom stereocenters. The van der Waals surface area contributed by atoms with E-state index >= 15 is 0 Å². The third kappa shape index (κ3) is 1.58. The Morgan fingerprint density at radius 3 is 2.70 bits per heavy atom. The molecular formula is C6H13N3S. The van der Waals surface area contributed by atoms with Crippen molar-refractivity contribution in [3.63, 3.8) is 0 Å². The normalized spacial score (nSPS) is 19.4. The van der Waals surface area contributed by atoms with Gasteiger partial charge in [0.05, 0.1) is 0 Å². The van der Waals surface area contributed by atoms with Gasteiger partial charge in [0.25, 0.3) is 0 Å². The van der Waals surface area contributed by atoms with Crippen LogP contribution in [0.5, 0.6) is 0 Å². The third-order valence-electron chi connectivity index (χ3n) is 1.42. The van der Waals surface area contributed by atoms with Crippen molar-refractivity contribution in [3.05, 3.63) is 10.7 Å². The topological polar surface area (TPSA) is 55.3 Å². The number of hydrazine groups is 1. The second-order valence-electron chi connectivity index (χ2n) is 2.39. The first-order valence-electron chi connectivity index (χ1n) is 3.31. The van der Waals surface area contributed by atoms with Crippen molar-refractivity contribution in [2.75, 3.05) is 12.8 Å². The zero-order valence-electron chi connectivity index (χ0n) is 6.13. The molecule has 0 saturated heterocycles. The van der Waals surface area contributed by atoms with Crippen molar-refractivity contribution in [3.8, 4) is 0 Å². The number of rotatable bonds is 1. The summed E-state index contributed by atoms with van der Waals surface area (Å²) in [7, 11) is 1.82. The predicted octanol–water partition coefficient (Wildman–Crippen LogP) is 0.447. The average molecular weight is 159 g/mol. The van der Waals surface area contributed by atoms with Crippen molar-refractivity contribution in [2.24, 2.45) is 11.6 Å². The fourth-order valence-corrected chi connectivity index (χ4v) is 1.93. The van der Waals surface area contributed by atoms with Crippen LogP contribution in [0.1, 0.15) is 12.8 Å². The van der Waals surface area contributed by atoms with Crippen LogP contribution in [-0.2, 0) is 0 Å². The molecule has 0 unspecified atom stereocenters. The summed E-state index contributed by atoms with van der Waals surface area (Å²) in [5, 5.41) is 2.63. The van der Waals surface area contributed by atoms with Crippen LogP contribution < -0.4 is 11.6 Å². The van der Waals surface area contributed by atoms with Crippen LogP contribution in [0.15, 0.2) is 10.7 Å². The highest BCUT2D eigenvalue weighted by Crippen LogP contribution is 2.27. The Bertz CT molecular complexity index is 153. The minimum absolute atomic E-state index is 0.932. The minimum Gasteiger partial charge on any atom is -0.400 e. The molecule has 1 aliphatic heterocycles. The van der Waals surface area contributed by atoms with E-state index in [9.17, 15) is 0 Å². The molecule has 4 heteroatoms. The summed E-state index contributed by atoms with van der Waals surface area (Å²) in [6.45, 7) is 0. The lowest BCUT2D eigenvalue weighted by Crippen LogP contribution is -2.28. The van der Waals surface area contributed by atoms with Crippen LogP contribution in [0, 0.1) is 0 Å². The summed E-state index contributed by atoms with van der Waals surface area (Å²) >= 11 is 1.73. The summed E-state index contributed by atoms with van der Waals surface area (Å²) in [6.07, 6.45) is 2.16. The van der Waals surface area contributed by atoms with E-state index in [1.165, 1.54) is 6.42 Å². The lowest BCUT2D eigenvalue weighted by Gasteiger charge is -2.22. The Labute approximate surface area is 65.4 Å². The van der Waals surface area contributed by atoms with Crippen molar-refractivity contribution in [2.45, 2.75) is 12.8 Å². The molecular weight excluding hydrogens is 146 g/mol. The predicted molar refractivity (Wildman–Crippen MR) is 44.9 cm³/mol. The molecule has 58 valence electrons. The Kier molecular flexibility index (Phi) is 2.45. The van der Waals surface area contributed by atoms with Crippen LogP contribution in [0.4, 0.5) is 0 Å². The first kappa shape index (κ1) is 7.75. The number of hydrogen-bond donors (Lipinski definition) is 2. The highest BCUT2D eigenvalue weighted by atomic mass is 32.2. The van der Waals surface area contributed by atoms with Gasteiger partial charge in [-0.25, -0.2) is 5.84 Å². The second kappa shape index (κ2) is 3.16. The molecule has 4 N–H and O–H groups in total. The van der Waals surface area contributed by atoms with Gasteiger partial charge in [0.1, 0.15) is 5.03 Å². The molecule has 1 rings (SSSR count). The summed E-state index contributed by atoms with van der Waals surface area (Å²) < 4.78 is 0. The van der Waals surface area contributed by atoms with Crippen LogP contribution in [0.3, 0.4) is 0 Å². The van der Waals surface area contributed by atoms with E-state index in [1.807, 2.05) is 7.05 Å². The van der Waals surface area contributed by atoms with Gasteiger partial charge in [-0.05, 0) is 18.6 Å². The zero-order chi connectivity index (χ0) is 7.56. The first-order valence-corrected chi connectivity index (χ1v) is 4.30. The monoisotopic (exact) mass is 159 g/mol. The number of nitrogens with two attached hydrogens (primary N) is 2. The Hall–Kier alpha value is -0.350. The van der Waals surface area contributed by atoms with Crippen molar-refractivity contribution < 1.29 is 0 Å². The van der Waals surface area contributed by atoms with E-state index in [2.05, 4.69) is 0 Å². The van der Waals surface area contributed by atoms with Gasteiger partial charge in [-0.2, -0.15) is 0 Å². The van der Waals surface area contributed by atoms with E-state index in [-0.39, 0.29) is 0 Å². The smallest absolute Gasteiger partial charge is 0.104 e. The molecule has 0 aromatic carbocycles. The maximum absolute atomic E-state index is 5.72. The van der Waals surface area contributed by atoms with E-state index in [0.29, 0.717) is 0 Å².